The molecule has 2 nitrogen and oxygen atoms in total. The van der Waals surface area contributed by atoms with Gasteiger partial charge in [0.1, 0.15) is 0 Å². The molecule has 0 saturated heterocycles. The molecule has 0 fully saturated rings. The SMILES string of the molecule is CCC1(C)CSC(Nc2c(C)cc(Br)cc2C)=N1. The molecule has 0 aromatic heterocycles. The molecule has 98 valence electrons. The lowest BCUT2D eigenvalue weighted by molar-refractivity contribution is 0.523. The van der Waals surface area contributed by atoms with Crippen LogP contribution < -0.4 is 5.32 Å². The Bertz CT molecular complexity index is 476. The molecule has 2 rings (SSSR count). The van der Waals surface area contributed by atoms with Crippen molar-refractivity contribution >= 4 is 38.5 Å². The Morgan fingerprint density at radius 2 is 2.00 bits per heavy atom. The van der Waals surface area contributed by atoms with Crippen LogP contribution in [0.2, 0.25) is 0 Å². The summed E-state index contributed by atoms with van der Waals surface area (Å²) < 4.78 is 1.13. The van der Waals surface area contributed by atoms with Crippen molar-refractivity contribution in [3.05, 3.63) is 27.7 Å². The van der Waals surface area contributed by atoms with Crippen molar-refractivity contribution in [2.45, 2.75) is 39.7 Å². The van der Waals surface area contributed by atoms with Crippen LogP contribution in [0.25, 0.3) is 0 Å². The number of aliphatic imine (C=N–C) groups is 1. The number of nitrogens with one attached hydrogen (secondary N) is 1. The Hall–Kier alpha value is -0.480. The van der Waals surface area contributed by atoms with Gasteiger partial charge in [0.25, 0.3) is 0 Å². The second-order valence-electron chi connectivity index (χ2n) is 5.10. The molecule has 1 unspecified atom stereocenters. The largest absolute Gasteiger partial charge is 0.335 e. The average molecular weight is 327 g/mol. The number of halogens is 1. The van der Waals surface area contributed by atoms with Gasteiger partial charge in [-0.25, -0.2) is 0 Å². The number of anilines is 1. The van der Waals surface area contributed by atoms with E-state index in [-0.39, 0.29) is 5.54 Å². The molecule has 1 heterocycles. The number of rotatable bonds is 2. The highest BCUT2D eigenvalue weighted by Crippen LogP contribution is 2.32. The number of nitrogens with zero attached hydrogens (tertiary/aromatic N) is 1. The number of thioether (sulfide) groups is 1. The number of benzene rings is 1. The van der Waals surface area contributed by atoms with Crippen LogP contribution in [0, 0.1) is 13.8 Å². The summed E-state index contributed by atoms with van der Waals surface area (Å²) in [5.41, 5.74) is 3.78. The fourth-order valence-corrected chi connectivity index (χ4v) is 3.86. The van der Waals surface area contributed by atoms with E-state index >= 15 is 0 Å². The quantitative estimate of drug-likeness (QED) is 0.848. The minimum atomic E-state index is 0.101. The van der Waals surface area contributed by atoms with Crippen molar-refractivity contribution < 1.29 is 0 Å². The zero-order chi connectivity index (χ0) is 13.3. The van der Waals surface area contributed by atoms with Crippen LogP contribution in [-0.4, -0.2) is 16.5 Å². The molecule has 1 aromatic rings. The smallest absolute Gasteiger partial charge is 0.161 e. The van der Waals surface area contributed by atoms with E-state index in [1.54, 1.807) is 0 Å². The molecule has 1 aliphatic rings. The first-order valence-corrected chi connectivity index (χ1v) is 7.98. The minimum Gasteiger partial charge on any atom is -0.335 e. The minimum absolute atomic E-state index is 0.101. The van der Waals surface area contributed by atoms with Gasteiger partial charge in [0, 0.05) is 15.9 Å². The van der Waals surface area contributed by atoms with Gasteiger partial charge in [-0.15, -0.1) is 0 Å². The Morgan fingerprint density at radius 1 is 1.39 bits per heavy atom. The summed E-state index contributed by atoms with van der Waals surface area (Å²) in [6, 6.07) is 4.27. The maximum Gasteiger partial charge on any atom is 0.161 e. The van der Waals surface area contributed by atoms with E-state index in [2.05, 4.69) is 61.1 Å². The Kier molecular flexibility index (Phi) is 4.07. The van der Waals surface area contributed by atoms with Gasteiger partial charge in [0.05, 0.1) is 5.54 Å². The number of aryl methyl sites for hydroxylation is 2. The third-order valence-electron chi connectivity index (χ3n) is 3.38. The molecule has 1 N–H and O–H groups in total. The number of hydrogen-bond donors (Lipinski definition) is 1. The Labute approximate surface area is 122 Å². The predicted molar refractivity (Wildman–Crippen MR) is 85.8 cm³/mol. The van der Waals surface area contributed by atoms with Crippen molar-refractivity contribution in [2.75, 3.05) is 11.1 Å². The summed E-state index contributed by atoms with van der Waals surface area (Å²) >= 11 is 5.34. The van der Waals surface area contributed by atoms with Crippen LogP contribution >= 0.6 is 27.7 Å². The highest BCUT2D eigenvalue weighted by molar-refractivity contribution is 9.10. The molecule has 1 aromatic carbocycles. The van der Waals surface area contributed by atoms with E-state index in [4.69, 9.17) is 4.99 Å². The van der Waals surface area contributed by atoms with E-state index in [1.807, 2.05) is 11.8 Å². The number of hydrogen-bond acceptors (Lipinski definition) is 3. The molecule has 4 heteroatoms. The fraction of sp³-hybridized carbons (Fsp3) is 0.500. The molecule has 0 spiro atoms. The molecule has 0 amide bonds. The summed E-state index contributed by atoms with van der Waals surface area (Å²) in [7, 11) is 0. The average Bonchev–Trinajstić information content (AvgIpc) is 2.66. The van der Waals surface area contributed by atoms with Gasteiger partial charge >= 0.3 is 0 Å². The van der Waals surface area contributed by atoms with Gasteiger partial charge in [-0.05, 0) is 50.5 Å². The van der Waals surface area contributed by atoms with Crippen molar-refractivity contribution in [3.8, 4) is 0 Å². The lowest BCUT2D eigenvalue weighted by Gasteiger charge is -2.15. The Morgan fingerprint density at radius 3 is 2.50 bits per heavy atom. The normalized spacial score (nSPS) is 23.1. The second kappa shape index (κ2) is 5.25. The zero-order valence-electron chi connectivity index (χ0n) is 11.3. The molecule has 1 aliphatic heterocycles. The molecular weight excluding hydrogens is 308 g/mol. The van der Waals surface area contributed by atoms with E-state index in [9.17, 15) is 0 Å². The molecule has 0 saturated carbocycles. The molecular formula is C14H19BrN2S. The van der Waals surface area contributed by atoms with Gasteiger partial charge in [-0.2, -0.15) is 0 Å². The number of amidine groups is 1. The summed E-state index contributed by atoms with van der Waals surface area (Å²) in [4.78, 5) is 4.80. The first kappa shape index (κ1) is 13.9. The predicted octanol–water partition coefficient (Wildman–Crippen LogP) is 4.75. The standard InChI is InChI=1S/C14H19BrN2S/c1-5-14(4)8-18-13(17-14)16-12-9(2)6-11(15)7-10(12)3/h6-7H,5,8H2,1-4H3,(H,16,17). The molecule has 0 aliphatic carbocycles. The van der Waals surface area contributed by atoms with Crippen LogP contribution in [-0.2, 0) is 0 Å². The fourth-order valence-electron chi connectivity index (χ4n) is 1.99. The highest BCUT2D eigenvalue weighted by atomic mass is 79.9. The van der Waals surface area contributed by atoms with Crippen molar-refractivity contribution in [2.24, 2.45) is 4.99 Å². The third-order valence-corrected chi connectivity index (χ3v) is 5.07. The first-order valence-electron chi connectivity index (χ1n) is 6.20. The van der Waals surface area contributed by atoms with E-state index in [0.717, 1.165) is 21.8 Å². The first-order chi connectivity index (χ1) is 8.43. The summed E-state index contributed by atoms with van der Waals surface area (Å²) in [6.45, 7) is 8.66. The van der Waals surface area contributed by atoms with Gasteiger partial charge in [0.15, 0.2) is 5.17 Å². The third kappa shape index (κ3) is 2.91. The second-order valence-corrected chi connectivity index (χ2v) is 6.98. The summed E-state index contributed by atoms with van der Waals surface area (Å²) in [5.74, 6) is 1.07. The maximum absolute atomic E-state index is 4.80. The summed E-state index contributed by atoms with van der Waals surface area (Å²) in [6.07, 6.45) is 1.09. The Balaban J connectivity index is 2.24. The van der Waals surface area contributed by atoms with Gasteiger partial charge in [-0.1, -0.05) is 34.6 Å². The zero-order valence-corrected chi connectivity index (χ0v) is 13.7. The monoisotopic (exact) mass is 326 g/mol. The molecule has 1 atom stereocenters. The van der Waals surface area contributed by atoms with Gasteiger partial charge in [-0.3, -0.25) is 4.99 Å². The van der Waals surface area contributed by atoms with Crippen LogP contribution in [0.5, 0.6) is 0 Å². The van der Waals surface area contributed by atoms with Gasteiger partial charge in [0.2, 0.25) is 0 Å². The molecule has 0 bridgehead atoms. The lowest BCUT2D eigenvalue weighted by Crippen LogP contribution is -2.20. The van der Waals surface area contributed by atoms with Gasteiger partial charge < -0.3 is 5.32 Å². The van der Waals surface area contributed by atoms with Crippen LogP contribution in [0.15, 0.2) is 21.6 Å². The van der Waals surface area contributed by atoms with Crippen LogP contribution in [0.4, 0.5) is 5.69 Å². The molecule has 0 radical (unpaired) electrons. The van der Waals surface area contributed by atoms with E-state index in [1.165, 1.54) is 16.8 Å². The van der Waals surface area contributed by atoms with Crippen LogP contribution in [0.3, 0.4) is 0 Å². The maximum atomic E-state index is 4.80. The van der Waals surface area contributed by atoms with Crippen LogP contribution in [0.1, 0.15) is 31.4 Å². The van der Waals surface area contributed by atoms with Crippen molar-refractivity contribution in [1.29, 1.82) is 0 Å². The summed E-state index contributed by atoms with van der Waals surface area (Å²) in [5, 5.41) is 4.54. The van der Waals surface area contributed by atoms with Crippen molar-refractivity contribution in [3.63, 3.8) is 0 Å². The molecule has 18 heavy (non-hydrogen) atoms. The van der Waals surface area contributed by atoms with E-state index in [0.29, 0.717) is 0 Å². The van der Waals surface area contributed by atoms with E-state index < -0.39 is 0 Å². The lowest BCUT2D eigenvalue weighted by atomic mass is 10.0. The topological polar surface area (TPSA) is 24.4 Å². The highest BCUT2D eigenvalue weighted by Gasteiger charge is 2.29. The van der Waals surface area contributed by atoms with Crippen molar-refractivity contribution in [1.82, 2.24) is 0 Å².